The van der Waals surface area contributed by atoms with Gasteiger partial charge in [-0.05, 0) is 28.8 Å². The third-order valence-corrected chi connectivity index (χ3v) is 6.38. The Kier molecular flexibility index (Phi) is 4.90. The fourth-order valence-electron chi connectivity index (χ4n) is 2.95. The predicted molar refractivity (Wildman–Crippen MR) is 102 cm³/mol. The minimum Gasteiger partial charge on any atom is -0.503 e. The summed E-state index contributed by atoms with van der Waals surface area (Å²) < 4.78 is 7.43. The van der Waals surface area contributed by atoms with Crippen molar-refractivity contribution < 1.29 is 9.31 Å². The van der Waals surface area contributed by atoms with Crippen LogP contribution in [0.3, 0.4) is 0 Å². The zero-order valence-corrected chi connectivity index (χ0v) is 16.5. The largest absolute Gasteiger partial charge is 0.503 e. The fourth-order valence-corrected chi connectivity index (χ4v) is 4.72. The van der Waals surface area contributed by atoms with Crippen LogP contribution >= 0.6 is 0 Å². The van der Waals surface area contributed by atoms with Crippen molar-refractivity contribution in [2.75, 3.05) is 7.11 Å². The van der Waals surface area contributed by atoms with Gasteiger partial charge in [0.25, 0.3) is 0 Å². The lowest BCUT2D eigenvalue weighted by atomic mass is 9.92. The molecule has 0 spiro atoms. The molecule has 0 fully saturated rings. The van der Waals surface area contributed by atoms with Crippen LogP contribution in [-0.4, -0.2) is 26.5 Å². The van der Waals surface area contributed by atoms with E-state index in [-0.39, 0.29) is 0 Å². The van der Waals surface area contributed by atoms with Gasteiger partial charge in [0.2, 0.25) is 0 Å². The number of rotatable bonds is 4. The minimum atomic E-state index is -1.41. The SMILES string of the molecule is C=[N+]1C=C([Si](C)(C)C)C(C(C)C)=C[C-]1c1cc(OC)ccc1C. The average Bonchev–Trinajstić information content (AvgIpc) is 2.46. The van der Waals surface area contributed by atoms with Gasteiger partial charge in [0.05, 0.1) is 27.7 Å². The zero-order valence-electron chi connectivity index (χ0n) is 15.5. The molecule has 0 aliphatic carbocycles. The Bertz CT molecular complexity index is 677. The second-order valence-electron chi connectivity index (χ2n) is 7.58. The van der Waals surface area contributed by atoms with Gasteiger partial charge in [-0.15, -0.1) is 0 Å². The summed E-state index contributed by atoms with van der Waals surface area (Å²) in [5.41, 5.74) is 3.86. The molecule has 0 saturated heterocycles. The predicted octanol–water partition coefficient (Wildman–Crippen LogP) is 4.95. The second kappa shape index (κ2) is 6.40. The third-order valence-electron chi connectivity index (χ3n) is 4.35. The van der Waals surface area contributed by atoms with Crippen molar-refractivity contribution in [3.05, 3.63) is 58.4 Å². The highest BCUT2D eigenvalue weighted by atomic mass is 28.3. The van der Waals surface area contributed by atoms with Crippen molar-refractivity contribution in [2.24, 2.45) is 5.92 Å². The molecule has 1 aliphatic heterocycles. The van der Waals surface area contributed by atoms with Gasteiger partial charge in [-0.2, -0.15) is 0 Å². The molecule has 1 aliphatic rings. The summed E-state index contributed by atoms with van der Waals surface area (Å²) in [4.78, 5) is 0. The van der Waals surface area contributed by atoms with Crippen LogP contribution in [0.2, 0.25) is 19.6 Å². The lowest BCUT2D eigenvalue weighted by Gasteiger charge is -2.33. The van der Waals surface area contributed by atoms with E-state index in [1.54, 1.807) is 7.11 Å². The van der Waals surface area contributed by atoms with Crippen LogP contribution in [0.4, 0.5) is 0 Å². The van der Waals surface area contributed by atoms with E-state index < -0.39 is 8.07 Å². The van der Waals surface area contributed by atoms with E-state index in [2.05, 4.69) is 71.5 Å². The molecule has 1 aromatic rings. The van der Waals surface area contributed by atoms with E-state index in [1.165, 1.54) is 21.9 Å². The maximum atomic E-state index is 5.40. The Labute approximate surface area is 142 Å². The summed E-state index contributed by atoms with van der Waals surface area (Å²) in [6.07, 6.45) is 4.57. The van der Waals surface area contributed by atoms with Crippen LogP contribution in [0.1, 0.15) is 25.0 Å². The molecule has 2 rings (SSSR count). The molecular weight excluding hydrogens is 298 g/mol. The molecule has 23 heavy (non-hydrogen) atoms. The molecule has 0 aromatic heterocycles. The Morgan fingerprint density at radius 2 is 1.87 bits per heavy atom. The lowest BCUT2D eigenvalue weighted by Crippen LogP contribution is -2.32. The van der Waals surface area contributed by atoms with Crippen molar-refractivity contribution in [3.63, 3.8) is 0 Å². The molecule has 2 nitrogen and oxygen atoms in total. The van der Waals surface area contributed by atoms with Crippen LogP contribution in [0, 0.1) is 18.9 Å². The highest BCUT2D eigenvalue weighted by Crippen LogP contribution is 2.37. The number of aryl methyl sites for hydroxylation is 1. The highest BCUT2D eigenvalue weighted by Gasteiger charge is 2.30. The molecular formula is C20H29NOSi. The van der Waals surface area contributed by atoms with Gasteiger partial charge in [-0.1, -0.05) is 63.7 Å². The molecule has 1 heterocycles. The van der Waals surface area contributed by atoms with Gasteiger partial charge < -0.3 is 4.74 Å². The van der Waals surface area contributed by atoms with E-state index in [0.717, 1.165) is 11.8 Å². The molecule has 0 bridgehead atoms. The Balaban J connectivity index is 2.55. The van der Waals surface area contributed by atoms with Crippen molar-refractivity contribution in [2.45, 2.75) is 40.4 Å². The highest BCUT2D eigenvalue weighted by molar-refractivity contribution is 6.84. The molecule has 0 amide bonds. The first-order chi connectivity index (χ1) is 10.6. The van der Waals surface area contributed by atoms with Crippen LogP contribution in [0.25, 0.3) is 0 Å². The van der Waals surface area contributed by atoms with Crippen molar-refractivity contribution >= 4 is 14.8 Å². The van der Waals surface area contributed by atoms with Crippen LogP contribution in [0.5, 0.6) is 5.75 Å². The molecule has 1 aromatic carbocycles. The van der Waals surface area contributed by atoms with Crippen molar-refractivity contribution in [3.8, 4) is 5.75 Å². The molecule has 0 atom stereocenters. The Morgan fingerprint density at radius 1 is 1.22 bits per heavy atom. The standard InChI is InChI=1S/C20H29NOSi/c1-14(2)17-12-19(21(4)13-20(17)23(6,7)8)18-11-16(22-5)10-9-15(18)3/h9-14H,4H2,1-3,5-8H3. The summed E-state index contributed by atoms with van der Waals surface area (Å²) in [5.74, 6) is 1.38. The molecule has 0 saturated carbocycles. The third kappa shape index (κ3) is 3.61. The molecule has 124 valence electrons. The first kappa shape index (κ1) is 17.6. The van der Waals surface area contributed by atoms with Gasteiger partial charge >= 0.3 is 0 Å². The maximum Gasteiger partial charge on any atom is 0.147 e. The monoisotopic (exact) mass is 327 g/mol. The van der Waals surface area contributed by atoms with Gasteiger partial charge in [0.15, 0.2) is 0 Å². The van der Waals surface area contributed by atoms with Crippen LogP contribution in [-0.2, 0) is 0 Å². The Morgan fingerprint density at radius 3 is 2.39 bits per heavy atom. The molecule has 0 radical (unpaired) electrons. The number of hydrogen-bond donors (Lipinski definition) is 0. The number of benzene rings is 1. The van der Waals surface area contributed by atoms with Crippen LogP contribution < -0.4 is 4.74 Å². The lowest BCUT2D eigenvalue weighted by molar-refractivity contribution is -0.418. The molecule has 3 heteroatoms. The number of nitrogens with zero attached hydrogens (tertiary/aromatic N) is 1. The molecule has 0 unspecified atom stereocenters. The summed E-state index contributed by atoms with van der Waals surface area (Å²) in [5, 5.41) is 1.49. The topological polar surface area (TPSA) is 12.2 Å². The second-order valence-corrected chi connectivity index (χ2v) is 12.6. The van der Waals surface area contributed by atoms with E-state index in [4.69, 9.17) is 4.74 Å². The van der Waals surface area contributed by atoms with Crippen LogP contribution in [0.15, 0.2) is 41.2 Å². The van der Waals surface area contributed by atoms with Gasteiger partial charge in [-0.25, -0.2) is 0 Å². The normalized spacial score (nSPS) is 15.7. The van der Waals surface area contributed by atoms with E-state index in [1.807, 2.05) is 10.6 Å². The average molecular weight is 328 g/mol. The Hall–Kier alpha value is -1.74. The van der Waals surface area contributed by atoms with Gasteiger partial charge in [0, 0.05) is 0 Å². The summed E-state index contributed by atoms with van der Waals surface area (Å²) >= 11 is 0. The summed E-state index contributed by atoms with van der Waals surface area (Å²) in [6, 6.07) is 7.36. The smallest absolute Gasteiger partial charge is 0.147 e. The number of methoxy groups -OCH3 is 1. The van der Waals surface area contributed by atoms with Crippen molar-refractivity contribution in [1.29, 1.82) is 0 Å². The minimum absolute atomic E-state index is 0.502. The first-order valence-corrected chi connectivity index (χ1v) is 11.7. The first-order valence-electron chi connectivity index (χ1n) is 8.21. The van der Waals surface area contributed by atoms with Gasteiger partial charge in [-0.3, -0.25) is 4.58 Å². The van der Waals surface area contributed by atoms with E-state index >= 15 is 0 Å². The summed E-state index contributed by atoms with van der Waals surface area (Å²) in [7, 11) is 0.296. The fraction of sp³-hybridized carbons (Fsp3) is 0.400. The van der Waals surface area contributed by atoms with E-state index in [0.29, 0.717) is 5.92 Å². The maximum absolute atomic E-state index is 5.40. The quantitative estimate of drug-likeness (QED) is 0.433. The number of ether oxygens (including phenoxy) is 1. The molecule has 0 N–H and O–H groups in total. The number of allylic oxidation sites excluding steroid dienone is 2. The van der Waals surface area contributed by atoms with Gasteiger partial charge in [0.1, 0.15) is 12.2 Å². The number of hydrogen-bond acceptors (Lipinski definition) is 1. The zero-order chi connectivity index (χ0) is 17.4. The van der Waals surface area contributed by atoms with Crippen molar-refractivity contribution in [1.82, 2.24) is 0 Å². The summed E-state index contributed by atoms with van der Waals surface area (Å²) in [6.45, 7) is 18.1. The van der Waals surface area contributed by atoms with E-state index in [9.17, 15) is 0 Å².